The fourth-order valence-electron chi connectivity index (χ4n) is 1.99. The van der Waals surface area contributed by atoms with Crippen molar-refractivity contribution < 1.29 is 14.4 Å². The van der Waals surface area contributed by atoms with E-state index in [1.165, 1.54) is 21.1 Å². The zero-order valence-electron chi connectivity index (χ0n) is 13.8. The Bertz CT molecular complexity index is 741. The number of likely N-dealkylation sites (N-methyl/N-ethyl adjacent to an activating group) is 2. The third-order valence-corrected chi connectivity index (χ3v) is 4.24. The minimum Gasteiger partial charge on any atom is -0.347 e. The number of benzene rings is 1. The summed E-state index contributed by atoms with van der Waals surface area (Å²) in [6, 6.07) is 10.3. The van der Waals surface area contributed by atoms with E-state index in [4.69, 9.17) is 0 Å². The fourth-order valence-corrected chi connectivity index (χ4v) is 2.61. The van der Waals surface area contributed by atoms with Crippen LogP contribution in [0.1, 0.15) is 20.0 Å². The van der Waals surface area contributed by atoms with Gasteiger partial charge in [-0.1, -0.05) is 18.2 Å². The summed E-state index contributed by atoms with van der Waals surface area (Å²) in [4.78, 5) is 39.9. The molecule has 0 fully saturated rings. The van der Waals surface area contributed by atoms with Gasteiger partial charge in [-0.15, -0.1) is 11.3 Å². The monoisotopic (exact) mass is 345 g/mol. The first-order valence-electron chi connectivity index (χ1n) is 7.29. The summed E-state index contributed by atoms with van der Waals surface area (Å²) in [6.45, 7) is -0.0287. The third kappa shape index (κ3) is 4.20. The van der Waals surface area contributed by atoms with Crippen LogP contribution in [-0.4, -0.2) is 55.2 Å². The van der Waals surface area contributed by atoms with Crippen LogP contribution in [0, 0.1) is 0 Å². The Kier molecular flexibility index (Phi) is 5.70. The highest BCUT2D eigenvalue weighted by Crippen LogP contribution is 2.19. The van der Waals surface area contributed by atoms with E-state index in [-0.39, 0.29) is 24.3 Å². The van der Waals surface area contributed by atoms with Gasteiger partial charge in [0, 0.05) is 21.1 Å². The van der Waals surface area contributed by atoms with Crippen LogP contribution in [0.15, 0.2) is 41.8 Å². The predicted octanol–water partition coefficient (Wildman–Crippen LogP) is 2.16. The molecule has 2 aromatic rings. The summed E-state index contributed by atoms with van der Waals surface area (Å²) in [5, 5.41) is 4.57. The molecular weight excluding hydrogens is 326 g/mol. The van der Waals surface area contributed by atoms with Gasteiger partial charge >= 0.3 is 0 Å². The molecule has 1 N–H and O–H groups in total. The summed E-state index contributed by atoms with van der Waals surface area (Å²) in [7, 11) is 4.83. The topological polar surface area (TPSA) is 69.7 Å². The van der Waals surface area contributed by atoms with Gasteiger partial charge in [0.2, 0.25) is 5.91 Å². The standard InChI is InChI=1S/C17H19N3O3S/c1-19(2)15(21)11-20(3)17(23)12-7-4-5-8-13(12)18-16(22)14-9-6-10-24-14/h4-10H,11H2,1-3H3,(H,18,22). The first-order chi connectivity index (χ1) is 11.4. The van der Waals surface area contributed by atoms with E-state index in [1.54, 1.807) is 57.5 Å². The second-order valence-electron chi connectivity index (χ2n) is 5.43. The van der Waals surface area contributed by atoms with Gasteiger partial charge in [0.05, 0.1) is 22.7 Å². The lowest BCUT2D eigenvalue weighted by molar-refractivity contribution is -0.129. The van der Waals surface area contributed by atoms with E-state index in [1.807, 2.05) is 5.38 Å². The molecule has 0 spiro atoms. The fraction of sp³-hybridized carbons (Fsp3) is 0.235. The van der Waals surface area contributed by atoms with Gasteiger partial charge in [-0.2, -0.15) is 0 Å². The molecule has 0 bridgehead atoms. The molecular formula is C17H19N3O3S. The van der Waals surface area contributed by atoms with E-state index >= 15 is 0 Å². The summed E-state index contributed by atoms with van der Waals surface area (Å²) in [6.07, 6.45) is 0. The van der Waals surface area contributed by atoms with Crippen LogP contribution < -0.4 is 5.32 Å². The lowest BCUT2D eigenvalue weighted by Gasteiger charge is -2.20. The van der Waals surface area contributed by atoms with Gasteiger partial charge in [0.1, 0.15) is 0 Å². The Morgan fingerprint density at radius 2 is 1.75 bits per heavy atom. The minimum absolute atomic E-state index is 0.0287. The maximum Gasteiger partial charge on any atom is 0.265 e. The molecule has 0 saturated carbocycles. The van der Waals surface area contributed by atoms with E-state index in [9.17, 15) is 14.4 Å². The number of amides is 3. The molecule has 0 aliphatic carbocycles. The average Bonchev–Trinajstić information content (AvgIpc) is 3.09. The van der Waals surface area contributed by atoms with Gasteiger partial charge in [-0.3, -0.25) is 14.4 Å². The molecule has 0 radical (unpaired) electrons. The lowest BCUT2D eigenvalue weighted by atomic mass is 10.1. The van der Waals surface area contributed by atoms with Crippen molar-refractivity contribution in [3.63, 3.8) is 0 Å². The third-order valence-electron chi connectivity index (χ3n) is 3.37. The highest BCUT2D eigenvalue weighted by Gasteiger charge is 2.20. The number of nitrogens with one attached hydrogen (secondary N) is 1. The molecule has 3 amide bonds. The number of hydrogen-bond donors (Lipinski definition) is 1. The predicted molar refractivity (Wildman–Crippen MR) is 94.4 cm³/mol. The Hall–Kier alpha value is -2.67. The van der Waals surface area contributed by atoms with Crippen molar-refractivity contribution in [2.24, 2.45) is 0 Å². The van der Waals surface area contributed by atoms with Crippen LogP contribution in [0.3, 0.4) is 0 Å². The summed E-state index contributed by atoms with van der Waals surface area (Å²) < 4.78 is 0. The first kappa shape index (κ1) is 17.7. The van der Waals surface area contributed by atoms with Gasteiger partial charge in [0.15, 0.2) is 0 Å². The number of nitrogens with zero attached hydrogens (tertiary/aromatic N) is 2. The smallest absolute Gasteiger partial charge is 0.265 e. The van der Waals surface area contributed by atoms with Gasteiger partial charge < -0.3 is 15.1 Å². The maximum absolute atomic E-state index is 12.6. The van der Waals surface area contributed by atoms with E-state index in [0.29, 0.717) is 16.1 Å². The highest BCUT2D eigenvalue weighted by molar-refractivity contribution is 7.12. The molecule has 1 heterocycles. The van der Waals surface area contributed by atoms with Crippen molar-refractivity contribution in [1.29, 1.82) is 0 Å². The van der Waals surface area contributed by atoms with Crippen LogP contribution in [0.2, 0.25) is 0 Å². The second-order valence-corrected chi connectivity index (χ2v) is 6.37. The number of carbonyl (C=O) groups excluding carboxylic acids is 3. The van der Waals surface area contributed by atoms with Crippen molar-refractivity contribution in [1.82, 2.24) is 9.80 Å². The van der Waals surface area contributed by atoms with Crippen molar-refractivity contribution >= 4 is 34.7 Å². The average molecular weight is 345 g/mol. The SMILES string of the molecule is CN(C)C(=O)CN(C)C(=O)c1ccccc1NC(=O)c1cccs1. The highest BCUT2D eigenvalue weighted by atomic mass is 32.1. The molecule has 1 aromatic heterocycles. The summed E-state index contributed by atoms with van der Waals surface area (Å²) in [5.41, 5.74) is 0.765. The molecule has 0 aliphatic rings. The number of rotatable bonds is 5. The van der Waals surface area contributed by atoms with Gasteiger partial charge in [0.25, 0.3) is 11.8 Å². The molecule has 0 atom stereocenters. The van der Waals surface area contributed by atoms with Crippen LogP contribution in [0.25, 0.3) is 0 Å². The van der Waals surface area contributed by atoms with Gasteiger partial charge in [-0.05, 0) is 23.6 Å². The number of hydrogen-bond acceptors (Lipinski definition) is 4. The molecule has 0 unspecified atom stereocenters. The van der Waals surface area contributed by atoms with Crippen molar-refractivity contribution in [3.05, 3.63) is 52.2 Å². The van der Waals surface area contributed by atoms with Crippen LogP contribution in [0.4, 0.5) is 5.69 Å². The summed E-state index contributed by atoms with van der Waals surface area (Å²) >= 11 is 1.32. The largest absolute Gasteiger partial charge is 0.347 e. The normalized spacial score (nSPS) is 10.1. The quantitative estimate of drug-likeness (QED) is 0.903. The summed E-state index contributed by atoms with van der Waals surface area (Å²) in [5.74, 6) is -0.768. The number of anilines is 1. The molecule has 0 aliphatic heterocycles. The number of thiophene rings is 1. The van der Waals surface area contributed by atoms with Crippen LogP contribution in [-0.2, 0) is 4.79 Å². The van der Waals surface area contributed by atoms with E-state index in [2.05, 4.69) is 5.32 Å². The molecule has 126 valence electrons. The van der Waals surface area contributed by atoms with Crippen LogP contribution >= 0.6 is 11.3 Å². The molecule has 24 heavy (non-hydrogen) atoms. The molecule has 1 aromatic carbocycles. The van der Waals surface area contributed by atoms with E-state index < -0.39 is 0 Å². The zero-order valence-corrected chi connectivity index (χ0v) is 14.6. The lowest BCUT2D eigenvalue weighted by Crippen LogP contribution is -2.38. The molecule has 0 saturated heterocycles. The van der Waals surface area contributed by atoms with E-state index in [0.717, 1.165) is 0 Å². The first-order valence-corrected chi connectivity index (χ1v) is 8.17. The van der Waals surface area contributed by atoms with Crippen LogP contribution in [0.5, 0.6) is 0 Å². The number of carbonyl (C=O) groups is 3. The Morgan fingerprint density at radius 1 is 1.04 bits per heavy atom. The van der Waals surface area contributed by atoms with Crippen molar-refractivity contribution in [2.45, 2.75) is 0 Å². The van der Waals surface area contributed by atoms with Gasteiger partial charge in [-0.25, -0.2) is 0 Å². The maximum atomic E-state index is 12.6. The van der Waals surface area contributed by atoms with Crippen molar-refractivity contribution in [2.75, 3.05) is 33.0 Å². The van der Waals surface area contributed by atoms with Crippen molar-refractivity contribution in [3.8, 4) is 0 Å². The zero-order chi connectivity index (χ0) is 17.7. The Morgan fingerprint density at radius 3 is 2.38 bits per heavy atom. The minimum atomic E-state index is -0.327. The number of para-hydroxylation sites is 1. The molecule has 7 heteroatoms. The molecule has 6 nitrogen and oxygen atoms in total. The molecule has 2 rings (SSSR count). The Labute approximate surface area is 144 Å². The second kappa shape index (κ2) is 7.74. The Balaban J connectivity index is 2.17.